The highest BCUT2D eigenvalue weighted by Crippen LogP contribution is 2.11. The Hall–Kier alpha value is -1.83. The first-order chi connectivity index (χ1) is 12.0. The fraction of sp³-hybridized carbons (Fsp3) is 0.824. The van der Waals surface area contributed by atoms with Gasteiger partial charge in [0.2, 0.25) is 11.8 Å². The van der Waals surface area contributed by atoms with Gasteiger partial charge in [0.1, 0.15) is 0 Å². The first-order valence-corrected chi connectivity index (χ1v) is 9.28. The molecule has 1 fully saturated rings. The van der Waals surface area contributed by atoms with Gasteiger partial charge in [-0.15, -0.1) is 0 Å². The lowest BCUT2D eigenvalue weighted by molar-refractivity contribution is -0.129. The lowest BCUT2D eigenvalue weighted by Gasteiger charge is -2.30. The normalized spacial score (nSPS) is 22.2. The van der Waals surface area contributed by atoms with Crippen LogP contribution in [0.1, 0.15) is 40.5 Å². The van der Waals surface area contributed by atoms with Crippen LogP contribution in [0.5, 0.6) is 0 Å². The zero-order valence-corrected chi connectivity index (χ0v) is 15.9. The lowest BCUT2D eigenvalue weighted by atomic mass is 9.95. The predicted molar refractivity (Wildman–Crippen MR) is 100 cm³/mol. The quantitative estimate of drug-likeness (QED) is 0.461. The molecule has 0 bridgehead atoms. The number of nitrogens with zero attached hydrogens (tertiary/aromatic N) is 1. The Morgan fingerprint density at radius 1 is 1.28 bits per heavy atom. The van der Waals surface area contributed by atoms with Gasteiger partial charge in [0.15, 0.2) is 5.96 Å². The average molecular weight is 354 g/mol. The number of carbonyl (C=O) groups excluding carboxylic acids is 2. The maximum Gasteiger partial charge on any atom is 0.239 e. The molecule has 0 aliphatic carbocycles. The largest absolute Gasteiger partial charge is 0.355 e. The van der Waals surface area contributed by atoms with E-state index in [4.69, 9.17) is 0 Å². The van der Waals surface area contributed by atoms with Crippen LogP contribution in [-0.2, 0) is 9.59 Å². The van der Waals surface area contributed by atoms with E-state index in [0.717, 1.165) is 32.0 Å². The molecule has 8 heteroatoms. The number of guanidine groups is 1. The predicted octanol–water partition coefficient (Wildman–Crippen LogP) is -0.430. The minimum atomic E-state index is -0.161. The minimum absolute atomic E-state index is 0.0277. The zero-order valence-electron chi connectivity index (χ0n) is 15.9. The first kappa shape index (κ1) is 21.2. The van der Waals surface area contributed by atoms with Crippen LogP contribution in [0.4, 0.5) is 0 Å². The van der Waals surface area contributed by atoms with Crippen LogP contribution in [0.15, 0.2) is 4.99 Å². The maximum atomic E-state index is 12.2. The van der Waals surface area contributed by atoms with E-state index in [-0.39, 0.29) is 36.4 Å². The molecule has 0 spiro atoms. The van der Waals surface area contributed by atoms with Crippen molar-refractivity contribution in [2.45, 2.75) is 52.6 Å². The third-order valence-corrected chi connectivity index (χ3v) is 3.61. The molecule has 0 radical (unpaired) electrons. The molecule has 2 amide bonds. The molecule has 2 atom stereocenters. The summed E-state index contributed by atoms with van der Waals surface area (Å²) >= 11 is 0. The Morgan fingerprint density at radius 2 is 2.00 bits per heavy atom. The van der Waals surface area contributed by atoms with Gasteiger partial charge in [0.05, 0.1) is 19.0 Å². The van der Waals surface area contributed by atoms with Crippen molar-refractivity contribution in [2.75, 3.05) is 32.7 Å². The molecule has 2 rings (SSSR count). The van der Waals surface area contributed by atoms with Gasteiger partial charge in [0, 0.05) is 31.7 Å². The number of rotatable bonds is 5. The molecule has 2 aliphatic rings. The van der Waals surface area contributed by atoms with Crippen LogP contribution in [-0.4, -0.2) is 62.6 Å². The lowest BCUT2D eigenvalue weighted by Crippen LogP contribution is -2.54. The van der Waals surface area contributed by atoms with Gasteiger partial charge in [-0.05, 0) is 20.3 Å². The molecule has 2 aliphatic heterocycles. The summed E-state index contributed by atoms with van der Waals surface area (Å²) in [7, 11) is 0. The molecule has 0 aromatic carbocycles. The third kappa shape index (κ3) is 8.72. The van der Waals surface area contributed by atoms with E-state index in [0.29, 0.717) is 6.54 Å². The van der Waals surface area contributed by atoms with Crippen LogP contribution >= 0.6 is 0 Å². The fourth-order valence-corrected chi connectivity index (χ4v) is 2.62. The van der Waals surface area contributed by atoms with E-state index < -0.39 is 0 Å². The van der Waals surface area contributed by atoms with Crippen molar-refractivity contribution >= 4 is 17.8 Å². The maximum absolute atomic E-state index is 12.2. The van der Waals surface area contributed by atoms with Crippen LogP contribution in [0, 0.1) is 5.92 Å². The van der Waals surface area contributed by atoms with Gasteiger partial charge < -0.3 is 26.6 Å². The summed E-state index contributed by atoms with van der Waals surface area (Å²) in [5.74, 6) is 0.426. The number of nitrogens with one attached hydrogen (secondary N) is 5. The summed E-state index contributed by atoms with van der Waals surface area (Å²) in [4.78, 5) is 28.0. The molecule has 8 nitrogen and oxygen atoms in total. The van der Waals surface area contributed by atoms with E-state index in [1.54, 1.807) is 0 Å². The van der Waals surface area contributed by atoms with E-state index in [2.05, 4.69) is 45.4 Å². The summed E-state index contributed by atoms with van der Waals surface area (Å²) in [5, 5.41) is 15.2. The molecular weight excluding hydrogens is 320 g/mol. The van der Waals surface area contributed by atoms with Crippen molar-refractivity contribution in [1.82, 2.24) is 26.6 Å². The van der Waals surface area contributed by atoms with Crippen molar-refractivity contribution < 1.29 is 9.59 Å². The molecule has 2 unspecified atom stereocenters. The molecular formula is C17H34N6O2. The summed E-state index contributed by atoms with van der Waals surface area (Å²) in [5.41, 5.74) is 0. The molecule has 144 valence electrons. The van der Waals surface area contributed by atoms with Crippen LogP contribution in [0.3, 0.4) is 0 Å². The SMILES string of the molecule is CC(C)NC(=O)CNC(=O)C1CNCC(NC2=NCCN2)C1.CCC. The van der Waals surface area contributed by atoms with Crippen molar-refractivity contribution in [3.63, 3.8) is 0 Å². The highest BCUT2D eigenvalue weighted by atomic mass is 16.2. The van der Waals surface area contributed by atoms with Gasteiger partial charge in [-0.3, -0.25) is 14.6 Å². The molecule has 2 heterocycles. The fourth-order valence-electron chi connectivity index (χ4n) is 2.62. The monoisotopic (exact) mass is 354 g/mol. The van der Waals surface area contributed by atoms with Crippen LogP contribution in [0.25, 0.3) is 0 Å². The second-order valence-corrected chi connectivity index (χ2v) is 6.74. The highest BCUT2D eigenvalue weighted by molar-refractivity contribution is 5.86. The summed E-state index contributed by atoms with van der Waals surface area (Å²) in [6, 6.07) is 0.243. The van der Waals surface area contributed by atoms with E-state index in [1.165, 1.54) is 6.42 Å². The molecule has 0 saturated carbocycles. The summed E-state index contributed by atoms with van der Waals surface area (Å²) in [6.07, 6.45) is 1.98. The Kier molecular flexibility index (Phi) is 9.91. The van der Waals surface area contributed by atoms with Gasteiger partial charge in [-0.25, -0.2) is 0 Å². The average Bonchev–Trinajstić information content (AvgIpc) is 3.06. The Morgan fingerprint density at radius 3 is 2.60 bits per heavy atom. The number of amides is 2. The van der Waals surface area contributed by atoms with Crippen LogP contribution < -0.4 is 26.6 Å². The second kappa shape index (κ2) is 11.7. The first-order valence-electron chi connectivity index (χ1n) is 9.28. The van der Waals surface area contributed by atoms with E-state index in [9.17, 15) is 9.59 Å². The molecule has 0 aromatic heterocycles. The molecule has 1 saturated heterocycles. The van der Waals surface area contributed by atoms with Gasteiger partial charge >= 0.3 is 0 Å². The summed E-state index contributed by atoms with van der Waals surface area (Å²) < 4.78 is 0. The van der Waals surface area contributed by atoms with E-state index >= 15 is 0 Å². The number of hydrogen-bond donors (Lipinski definition) is 5. The third-order valence-electron chi connectivity index (χ3n) is 3.61. The summed E-state index contributed by atoms with van der Waals surface area (Å²) in [6.45, 7) is 11.1. The van der Waals surface area contributed by atoms with Gasteiger partial charge in [-0.1, -0.05) is 20.3 Å². The highest BCUT2D eigenvalue weighted by Gasteiger charge is 2.28. The number of piperidine rings is 1. The van der Waals surface area contributed by atoms with Crippen molar-refractivity contribution in [3.05, 3.63) is 0 Å². The number of aliphatic imine (C=N–C) groups is 1. The second-order valence-electron chi connectivity index (χ2n) is 6.74. The number of hydrogen-bond acceptors (Lipinski definition) is 6. The van der Waals surface area contributed by atoms with Gasteiger partial charge in [-0.2, -0.15) is 0 Å². The zero-order chi connectivity index (χ0) is 18.7. The number of carbonyl (C=O) groups is 2. The van der Waals surface area contributed by atoms with Crippen LogP contribution in [0.2, 0.25) is 0 Å². The van der Waals surface area contributed by atoms with E-state index in [1.807, 2.05) is 13.8 Å². The van der Waals surface area contributed by atoms with Gasteiger partial charge in [0.25, 0.3) is 0 Å². The van der Waals surface area contributed by atoms with Crippen molar-refractivity contribution in [3.8, 4) is 0 Å². The smallest absolute Gasteiger partial charge is 0.239 e. The standard InChI is InChI=1S/C14H26N6O2.C3H8/c1-9(2)19-12(21)8-18-13(22)10-5-11(7-15-6-10)20-14-16-3-4-17-14;1-3-2/h9-11,15H,3-8H2,1-2H3,(H,18,22)(H,19,21)(H2,16,17,20);3H2,1-2H3. The topological polar surface area (TPSA) is 107 Å². The van der Waals surface area contributed by atoms with Crippen molar-refractivity contribution in [1.29, 1.82) is 0 Å². The van der Waals surface area contributed by atoms with Crippen molar-refractivity contribution in [2.24, 2.45) is 10.9 Å². The minimum Gasteiger partial charge on any atom is -0.355 e. The Balaban J connectivity index is 0.000000970. The Labute approximate surface area is 151 Å². The molecule has 0 aromatic rings. The Bertz CT molecular complexity index is 452. The molecule has 5 N–H and O–H groups in total. The molecule has 25 heavy (non-hydrogen) atoms.